The van der Waals surface area contributed by atoms with Crippen LogP contribution in [0, 0.1) is 0 Å². The lowest BCUT2D eigenvalue weighted by atomic mass is 9.95. The van der Waals surface area contributed by atoms with Crippen LogP contribution in [0.1, 0.15) is 38.1 Å². The Balaban J connectivity index is 1.53. The molecule has 1 amide bonds. The highest BCUT2D eigenvalue weighted by Crippen LogP contribution is 2.35. The lowest BCUT2D eigenvalue weighted by Gasteiger charge is -2.25. The molecule has 1 N–H and O–H groups in total. The smallest absolute Gasteiger partial charge is 0.234 e. The monoisotopic (exact) mass is 427 g/mol. The minimum Gasteiger partial charge on any atom is -0.324 e. The maximum Gasteiger partial charge on any atom is 0.234 e. The zero-order valence-electron chi connectivity index (χ0n) is 15.9. The number of aromatic nitrogens is 4. The number of anilines is 1. The molecule has 1 fully saturated rings. The summed E-state index contributed by atoms with van der Waals surface area (Å²) in [6, 6.07) is 11.5. The van der Waals surface area contributed by atoms with Gasteiger partial charge < -0.3 is 5.32 Å². The molecular formula is C21H22ClN5OS. The molecule has 6 nitrogen and oxygen atoms in total. The first kappa shape index (κ1) is 19.9. The Morgan fingerprint density at radius 3 is 2.62 bits per heavy atom. The van der Waals surface area contributed by atoms with Crippen LogP contribution in [0.5, 0.6) is 0 Å². The maximum atomic E-state index is 12.4. The van der Waals surface area contributed by atoms with E-state index in [4.69, 9.17) is 11.6 Å². The third-order valence-electron chi connectivity index (χ3n) is 5.02. The van der Waals surface area contributed by atoms with Crippen molar-refractivity contribution in [2.75, 3.05) is 11.1 Å². The summed E-state index contributed by atoms with van der Waals surface area (Å²) in [4.78, 5) is 16.5. The molecule has 4 rings (SSSR count). The van der Waals surface area contributed by atoms with E-state index in [-0.39, 0.29) is 11.7 Å². The van der Waals surface area contributed by atoms with Crippen molar-refractivity contribution in [3.05, 3.63) is 53.8 Å². The minimum absolute atomic E-state index is 0.119. The molecule has 3 aromatic rings. The van der Waals surface area contributed by atoms with Crippen molar-refractivity contribution in [1.82, 2.24) is 19.7 Å². The zero-order chi connectivity index (χ0) is 20.1. The van der Waals surface area contributed by atoms with Gasteiger partial charge in [0.2, 0.25) is 5.91 Å². The number of hydrogen-bond donors (Lipinski definition) is 1. The molecule has 1 saturated carbocycles. The van der Waals surface area contributed by atoms with Crippen LogP contribution < -0.4 is 5.32 Å². The Labute approximate surface area is 179 Å². The molecule has 0 aliphatic heterocycles. The van der Waals surface area contributed by atoms with Crippen LogP contribution in [-0.4, -0.2) is 31.4 Å². The van der Waals surface area contributed by atoms with Gasteiger partial charge in [-0.2, -0.15) is 0 Å². The van der Waals surface area contributed by atoms with Crippen molar-refractivity contribution in [3.63, 3.8) is 0 Å². The van der Waals surface area contributed by atoms with Gasteiger partial charge in [0.05, 0.1) is 16.5 Å². The second kappa shape index (κ2) is 9.41. The molecule has 1 aliphatic rings. The number of benzene rings is 1. The summed E-state index contributed by atoms with van der Waals surface area (Å²) in [7, 11) is 0. The topological polar surface area (TPSA) is 72.7 Å². The maximum absolute atomic E-state index is 12.4. The van der Waals surface area contributed by atoms with Crippen molar-refractivity contribution in [2.45, 2.75) is 43.3 Å². The lowest BCUT2D eigenvalue weighted by Crippen LogP contribution is -2.17. The Kier molecular flexibility index (Phi) is 6.46. The summed E-state index contributed by atoms with van der Waals surface area (Å²) in [5, 5.41) is 13.0. The molecule has 1 aromatic carbocycles. The van der Waals surface area contributed by atoms with Gasteiger partial charge >= 0.3 is 0 Å². The molecule has 2 heterocycles. The summed E-state index contributed by atoms with van der Waals surface area (Å²) in [6.45, 7) is 0. The van der Waals surface area contributed by atoms with E-state index in [1.54, 1.807) is 24.5 Å². The highest BCUT2D eigenvalue weighted by atomic mass is 35.5. The number of para-hydroxylation sites is 1. The lowest BCUT2D eigenvalue weighted by molar-refractivity contribution is -0.113. The van der Waals surface area contributed by atoms with E-state index in [9.17, 15) is 4.79 Å². The van der Waals surface area contributed by atoms with E-state index in [0.717, 1.165) is 29.4 Å². The number of rotatable bonds is 6. The quantitative estimate of drug-likeness (QED) is 0.545. The van der Waals surface area contributed by atoms with E-state index in [2.05, 4.69) is 25.1 Å². The average Bonchev–Trinajstić information content (AvgIpc) is 3.19. The Bertz CT molecular complexity index is 972. The van der Waals surface area contributed by atoms with Crippen LogP contribution >= 0.6 is 23.4 Å². The molecule has 0 spiro atoms. The van der Waals surface area contributed by atoms with Crippen molar-refractivity contribution in [1.29, 1.82) is 0 Å². The predicted molar refractivity (Wildman–Crippen MR) is 116 cm³/mol. The highest BCUT2D eigenvalue weighted by molar-refractivity contribution is 7.99. The van der Waals surface area contributed by atoms with Crippen LogP contribution in [0.25, 0.3) is 11.4 Å². The predicted octanol–water partition coefficient (Wildman–Crippen LogP) is 5.23. The zero-order valence-corrected chi connectivity index (χ0v) is 17.5. The van der Waals surface area contributed by atoms with E-state index >= 15 is 0 Å². The first-order valence-corrected chi connectivity index (χ1v) is 11.1. The van der Waals surface area contributed by atoms with Gasteiger partial charge in [-0.25, -0.2) is 0 Å². The van der Waals surface area contributed by atoms with Crippen molar-refractivity contribution >= 4 is 35.0 Å². The summed E-state index contributed by atoms with van der Waals surface area (Å²) in [5.74, 6) is 0.965. The SMILES string of the molecule is O=C(CSc1nnc(-c2ccncc2)n1C1CCCCC1)Nc1ccccc1Cl. The summed E-state index contributed by atoms with van der Waals surface area (Å²) >= 11 is 7.54. The van der Waals surface area contributed by atoms with Gasteiger partial charge in [-0.1, -0.05) is 54.8 Å². The van der Waals surface area contributed by atoms with Gasteiger partial charge in [0.1, 0.15) is 0 Å². The molecule has 0 bridgehead atoms. The van der Waals surface area contributed by atoms with Crippen LogP contribution in [0.2, 0.25) is 5.02 Å². The summed E-state index contributed by atoms with van der Waals surface area (Å²) in [6.07, 6.45) is 9.42. The highest BCUT2D eigenvalue weighted by Gasteiger charge is 2.24. The van der Waals surface area contributed by atoms with Crippen molar-refractivity contribution < 1.29 is 4.79 Å². The molecule has 0 radical (unpaired) electrons. The fourth-order valence-electron chi connectivity index (χ4n) is 3.62. The van der Waals surface area contributed by atoms with Crippen LogP contribution in [-0.2, 0) is 4.79 Å². The van der Waals surface area contributed by atoms with Crippen LogP contribution in [0.3, 0.4) is 0 Å². The molecule has 29 heavy (non-hydrogen) atoms. The number of halogens is 1. The number of carbonyl (C=O) groups excluding carboxylic acids is 1. The number of carbonyl (C=O) groups is 1. The average molecular weight is 428 g/mol. The second-order valence-electron chi connectivity index (χ2n) is 7.02. The van der Waals surface area contributed by atoms with Gasteiger partial charge in [0.15, 0.2) is 11.0 Å². The van der Waals surface area contributed by atoms with Crippen molar-refractivity contribution in [2.24, 2.45) is 0 Å². The molecular weight excluding hydrogens is 406 g/mol. The number of pyridine rings is 1. The van der Waals surface area contributed by atoms with Gasteiger partial charge in [0.25, 0.3) is 0 Å². The Morgan fingerprint density at radius 2 is 1.86 bits per heavy atom. The van der Waals surface area contributed by atoms with E-state index < -0.39 is 0 Å². The standard InChI is InChI=1S/C21H22ClN5OS/c22-17-8-4-5-9-18(17)24-19(28)14-29-21-26-25-20(15-10-12-23-13-11-15)27(21)16-6-2-1-3-7-16/h4-5,8-13,16H,1-3,6-7,14H2,(H,24,28). The molecule has 1 aliphatic carbocycles. The molecule has 2 aromatic heterocycles. The van der Waals surface area contributed by atoms with Gasteiger partial charge in [-0.05, 0) is 37.1 Å². The van der Waals surface area contributed by atoms with Gasteiger partial charge in [-0.3, -0.25) is 14.3 Å². The Hall–Kier alpha value is -2.38. The molecule has 0 atom stereocenters. The van der Waals surface area contributed by atoms with Crippen LogP contribution in [0.15, 0.2) is 53.9 Å². The number of nitrogens with one attached hydrogen (secondary N) is 1. The fraction of sp³-hybridized carbons (Fsp3) is 0.333. The molecule has 0 saturated heterocycles. The van der Waals surface area contributed by atoms with E-state index in [1.165, 1.54) is 31.0 Å². The van der Waals surface area contributed by atoms with Crippen LogP contribution in [0.4, 0.5) is 5.69 Å². The normalized spacial score (nSPS) is 14.7. The first-order chi connectivity index (χ1) is 14.2. The number of thioether (sulfide) groups is 1. The summed E-state index contributed by atoms with van der Waals surface area (Å²) < 4.78 is 2.21. The van der Waals surface area contributed by atoms with Gasteiger partial charge in [-0.15, -0.1) is 10.2 Å². The number of hydrogen-bond acceptors (Lipinski definition) is 5. The molecule has 150 valence electrons. The van der Waals surface area contributed by atoms with Crippen molar-refractivity contribution in [3.8, 4) is 11.4 Å². The van der Waals surface area contributed by atoms with E-state index in [0.29, 0.717) is 16.8 Å². The number of amides is 1. The largest absolute Gasteiger partial charge is 0.324 e. The fourth-order valence-corrected chi connectivity index (χ4v) is 4.61. The number of nitrogens with zero attached hydrogens (tertiary/aromatic N) is 4. The third-order valence-corrected chi connectivity index (χ3v) is 6.30. The third kappa shape index (κ3) is 4.79. The molecule has 8 heteroatoms. The minimum atomic E-state index is -0.119. The first-order valence-electron chi connectivity index (χ1n) is 9.75. The molecule has 0 unspecified atom stereocenters. The summed E-state index contributed by atoms with van der Waals surface area (Å²) in [5.41, 5.74) is 1.61. The van der Waals surface area contributed by atoms with Gasteiger partial charge in [0, 0.05) is 24.0 Å². The van der Waals surface area contributed by atoms with E-state index in [1.807, 2.05) is 24.3 Å². The Morgan fingerprint density at radius 1 is 1.10 bits per heavy atom. The second-order valence-corrected chi connectivity index (χ2v) is 8.37.